The van der Waals surface area contributed by atoms with E-state index in [2.05, 4.69) is 15.3 Å². The van der Waals surface area contributed by atoms with Crippen LogP contribution in [0.25, 0.3) is 0 Å². The highest BCUT2D eigenvalue weighted by Gasteiger charge is 2.18. The van der Waals surface area contributed by atoms with E-state index in [0.29, 0.717) is 11.7 Å². The molecule has 1 heterocycles. The number of H-pyrrole nitrogens is 1. The van der Waals surface area contributed by atoms with Crippen LogP contribution in [0.1, 0.15) is 42.6 Å². The van der Waals surface area contributed by atoms with Gasteiger partial charge in [-0.2, -0.15) is 0 Å². The first-order chi connectivity index (χ1) is 7.27. The minimum absolute atomic E-state index is 0.142. The van der Waals surface area contributed by atoms with Gasteiger partial charge in [-0.15, -0.1) is 0 Å². The SMILES string of the molecule is Nc1nc[nH]c1C(=O)NC1CCCCC1. The normalized spacial score (nSPS) is 17.6. The van der Waals surface area contributed by atoms with Crippen molar-refractivity contribution in [2.75, 3.05) is 5.73 Å². The molecule has 82 valence electrons. The van der Waals surface area contributed by atoms with E-state index in [9.17, 15) is 4.79 Å². The Hall–Kier alpha value is -1.52. The Bertz CT molecular complexity index is 341. The topological polar surface area (TPSA) is 83.8 Å². The van der Waals surface area contributed by atoms with E-state index in [-0.39, 0.29) is 11.7 Å². The van der Waals surface area contributed by atoms with Gasteiger partial charge < -0.3 is 16.0 Å². The first-order valence-electron chi connectivity index (χ1n) is 5.37. The van der Waals surface area contributed by atoms with Crippen molar-refractivity contribution in [3.63, 3.8) is 0 Å². The number of nitrogens with zero attached hydrogens (tertiary/aromatic N) is 1. The number of hydrogen-bond donors (Lipinski definition) is 3. The molecule has 1 aliphatic rings. The fourth-order valence-electron chi connectivity index (χ4n) is 1.99. The van der Waals surface area contributed by atoms with Crippen LogP contribution in [0.5, 0.6) is 0 Å². The predicted molar refractivity (Wildman–Crippen MR) is 57.3 cm³/mol. The van der Waals surface area contributed by atoms with Gasteiger partial charge in [0.1, 0.15) is 5.69 Å². The molecule has 1 fully saturated rings. The molecule has 5 nitrogen and oxygen atoms in total. The van der Waals surface area contributed by atoms with Gasteiger partial charge >= 0.3 is 0 Å². The van der Waals surface area contributed by atoms with Crippen molar-refractivity contribution in [3.8, 4) is 0 Å². The van der Waals surface area contributed by atoms with Crippen LogP contribution in [0.15, 0.2) is 6.33 Å². The molecule has 1 aromatic rings. The summed E-state index contributed by atoms with van der Waals surface area (Å²) in [6.07, 6.45) is 7.25. The molecule has 0 aromatic carbocycles. The molecule has 0 aliphatic heterocycles. The number of nitrogens with two attached hydrogens (primary N) is 1. The molecular weight excluding hydrogens is 192 g/mol. The van der Waals surface area contributed by atoms with E-state index in [1.165, 1.54) is 25.6 Å². The largest absolute Gasteiger partial charge is 0.382 e. The van der Waals surface area contributed by atoms with Crippen LogP contribution in [-0.2, 0) is 0 Å². The lowest BCUT2D eigenvalue weighted by molar-refractivity contribution is 0.0924. The maximum Gasteiger partial charge on any atom is 0.271 e. The molecule has 0 unspecified atom stereocenters. The molecule has 2 rings (SSSR count). The third-order valence-corrected chi connectivity index (χ3v) is 2.84. The van der Waals surface area contributed by atoms with Crippen molar-refractivity contribution >= 4 is 11.7 Å². The van der Waals surface area contributed by atoms with Crippen LogP contribution < -0.4 is 11.1 Å². The first kappa shape index (κ1) is 10.0. The van der Waals surface area contributed by atoms with Crippen LogP contribution in [0.4, 0.5) is 5.82 Å². The smallest absolute Gasteiger partial charge is 0.271 e. The molecule has 0 saturated heterocycles. The van der Waals surface area contributed by atoms with Crippen molar-refractivity contribution in [3.05, 3.63) is 12.0 Å². The Morgan fingerprint density at radius 1 is 1.47 bits per heavy atom. The highest BCUT2D eigenvalue weighted by molar-refractivity contribution is 5.96. The number of nitrogen functional groups attached to an aromatic ring is 1. The van der Waals surface area contributed by atoms with Gasteiger partial charge in [0.05, 0.1) is 6.33 Å². The summed E-state index contributed by atoms with van der Waals surface area (Å²) < 4.78 is 0. The van der Waals surface area contributed by atoms with E-state index in [1.807, 2.05) is 0 Å². The molecule has 15 heavy (non-hydrogen) atoms. The van der Waals surface area contributed by atoms with Crippen molar-refractivity contribution in [1.29, 1.82) is 0 Å². The fraction of sp³-hybridized carbons (Fsp3) is 0.600. The highest BCUT2D eigenvalue weighted by atomic mass is 16.2. The van der Waals surface area contributed by atoms with Crippen molar-refractivity contribution in [2.24, 2.45) is 0 Å². The van der Waals surface area contributed by atoms with E-state index in [0.717, 1.165) is 12.8 Å². The summed E-state index contributed by atoms with van der Waals surface area (Å²) in [7, 11) is 0. The monoisotopic (exact) mass is 208 g/mol. The molecular formula is C10H16N4O. The second-order valence-corrected chi connectivity index (χ2v) is 3.97. The second-order valence-electron chi connectivity index (χ2n) is 3.97. The number of amides is 1. The van der Waals surface area contributed by atoms with Gasteiger partial charge in [0.25, 0.3) is 5.91 Å². The van der Waals surface area contributed by atoms with E-state index >= 15 is 0 Å². The molecule has 1 amide bonds. The molecule has 1 aromatic heterocycles. The average molecular weight is 208 g/mol. The van der Waals surface area contributed by atoms with E-state index < -0.39 is 0 Å². The Morgan fingerprint density at radius 3 is 2.80 bits per heavy atom. The number of hydrogen-bond acceptors (Lipinski definition) is 3. The molecule has 0 bridgehead atoms. The Labute approximate surface area is 88.5 Å². The number of rotatable bonds is 2. The highest BCUT2D eigenvalue weighted by Crippen LogP contribution is 2.18. The van der Waals surface area contributed by atoms with Gasteiger partial charge in [0.15, 0.2) is 5.82 Å². The number of aromatic nitrogens is 2. The molecule has 0 atom stereocenters. The number of imidazole rings is 1. The summed E-state index contributed by atoms with van der Waals surface area (Å²) in [4.78, 5) is 18.3. The first-order valence-corrected chi connectivity index (χ1v) is 5.37. The van der Waals surface area contributed by atoms with Gasteiger partial charge in [-0.1, -0.05) is 19.3 Å². The number of anilines is 1. The average Bonchev–Trinajstić information content (AvgIpc) is 2.66. The van der Waals surface area contributed by atoms with Crippen molar-refractivity contribution in [2.45, 2.75) is 38.1 Å². The molecule has 0 spiro atoms. The Morgan fingerprint density at radius 2 is 2.20 bits per heavy atom. The number of aromatic amines is 1. The van der Waals surface area contributed by atoms with Crippen LogP contribution in [-0.4, -0.2) is 21.9 Å². The van der Waals surface area contributed by atoms with Crippen LogP contribution in [0, 0.1) is 0 Å². The second kappa shape index (κ2) is 4.33. The molecule has 1 saturated carbocycles. The standard InChI is InChI=1S/C10H16N4O/c11-9-8(12-6-13-9)10(15)14-7-4-2-1-3-5-7/h6-7H,1-5,11H2,(H,12,13)(H,14,15). The molecule has 4 N–H and O–H groups in total. The third kappa shape index (κ3) is 2.29. The maximum atomic E-state index is 11.7. The van der Waals surface area contributed by atoms with Gasteiger partial charge in [0.2, 0.25) is 0 Å². The quantitative estimate of drug-likeness (QED) is 0.679. The summed E-state index contributed by atoms with van der Waals surface area (Å²) >= 11 is 0. The van der Waals surface area contributed by atoms with Gasteiger partial charge in [-0.05, 0) is 12.8 Å². The van der Waals surface area contributed by atoms with Crippen molar-refractivity contribution in [1.82, 2.24) is 15.3 Å². The van der Waals surface area contributed by atoms with Gasteiger partial charge in [0, 0.05) is 6.04 Å². The zero-order valence-electron chi connectivity index (χ0n) is 8.62. The predicted octanol–water partition coefficient (Wildman–Crippen LogP) is 1.05. The lowest BCUT2D eigenvalue weighted by atomic mass is 9.95. The number of carbonyl (C=O) groups excluding carboxylic acids is 1. The lowest BCUT2D eigenvalue weighted by Crippen LogP contribution is -2.36. The summed E-state index contributed by atoms with van der Waals surface area (Å²) in [5.74, 6) is 0.125. The van der Waals surface area contributed by atoms with E-state index in [4.69, 9.17) is 5.73 Å². The van der Waals surface area contributed by atoms with Crippen LogP contribution >= 0.6 is 0 Å². The zero-order chi connectivity index (χ0) is 10.7. The molecule has 5 heteroatoms. The van der Waals surface area contributed by atoms with E-state index in [1.54, 1.807) is 0 Å². The molecule has 1 aliphatic carbocycles. The number of carbonyl (C=O) groups is 1. The van der Waals surface area contributed by atoms with Crippen LogP contribution in [0.2, 0.25) is 0 Å². The summed E-state index contributed by atoms with van der Waals surface area (Å²) in [6, 6.07) is 0.300. The zero-order valence-corrected chi connectivity index (χ0v) is 8.62. The summed E-state index contributed by atoms with van der Waals surface area (Å²) in [5.41, 5.74) is 5.92. The Balaban J connectivity index is 1.94. The molecule has 0 radical (unpaired) electrons. The van der Waals surface area contributed by atoms with Gasteiger partial charge in [-0.3, -0.25) is 4.79 Å². The Kier molecular flexibility index (Phi) is 2.89. The maximum absolute atomic E-state index is 11.7. The van der Waals surface area contributed by atoms with Crippen molar-refractivity contribution < 1.29 is 4.79 Å². The third-order valence-electron chi connectivity index (χ3n) is 2.84. The fourth-order valence-corrected chi connectivity index (χ4v) is 1.99. The van der Waals surface area contributed by atoms with Gasteiger partial charge in [-0.25, -0.2) is 4.98 Å². The summed E-state index contributed by atoms with van der Waals surface area (Å²) in [6.45, 7) is 0. The summed E-state index contributed by atoms with van der Waals surface area (Å²) in [5, 5.41) is 2.97. The lowest BCUT2D eigenvalue weighted by Gasteiger charge is -2.22. The number of nitrogens with one attached hydrogen (secondary N) is 2. The minimum atomic E-state index is -0.142. The minimum Gasteiger partial charge on any atom is -0.382 e. The van der Waals surface area contributed by atoms with Crippen LogP contribution in [0.3, 0.4) is 0 Å².